The van der Waals surface area contributed by atoms with Crippen molar-refractivity contribution in [2.75, 3.05) is 37.6 Å². The molecule has 2 amide bonds. The average molecular weight is 381 g/mol. The Morgan fingerprint density at radius 1 is 1.21 bits per heavy atom. The molecule has 2 atom stereocenters. The number of rotatable bonds is 4. The van der Waals surface area contributed by atoms with Crippen LogP contribution in [-0.2, 0) is 9.59 Å². The highest BCUT2D eigenvalue weighted by Crippen LogP contribution is 2.18. The Morgan fingerprint density at radius 2 is 1.96 bits per heavy atom. The van der Waals surface area contributed by atoms with Crippen LogP contribution in [0.15, 0.2) is 18.3 Å². The van der Waals surface area contributed by atoms with Gasteiger partial charge in [-0.05, 0) is 25.0 Å². The van der Waals surface area contributed by atoms with Crippen LogP contribution in [0.4, 0.5) is 5.82 Å². The summed E-state index contributed by atoms with van der Waals surface area (Å²) in [6, 6.07) is 6.32. The van der Waals surface area contributed by atoms with Gasteiger partial charge in [-0.25, -0.2) is 4.98 Å². The molecular formula is C19H23N7O2. The zero-order chi connectivity index (χ0) is 20.1. The maximum Gasteiger partial charge on any atom is 0.241 e. The minimum atomic E-state index is -0.917. The van der Waals surface area contributed by atoms with Crippen molar-refractivity contribution in [2.24, 2.45) is 5.73 Å². The maximum absolute atomic E-state index is 12.5. The molecule has 2 saturated heterocycles. The molecule has 2 fully saturated rings. The third-order valence-electron chi connectivity index (χ3n) is 5.23. The first kappa shape index (κ1) is 19.6. The van der Waals surface area contributed by atoms with E-state index in [1.165, 1.54) is 11.1 Å². The molecule has 0 spiro atoms. The molecule has 2 aliphatic rings. The predicted octanol–water partition coefficient (Wildman–Crippen LogP) is -0.166. The number of nitriles is 2. The highest BCUT2D eigenvalue weighted by molar-refractivity contribution is 5.88. The SMILES string of the molecule is N#Cc1ccc(N2CCN(C(=O)CC(N)C(=O)N3CCC[C@H]3C#N)CC2)nc1. The number of pyridine rings is 1. The summed E-state index contributed by atoms with van der Waals surface area (Å²) < 4.78 is 0. The number of anilines is 1. The van der Waals surface area contributed by atoms with Gasteiger partial charge < -0.3 is 20.4 Å². The lowest BCUT2D eigenvalue weighted by Gasteiger charge is -2.36. The lowest BCUT2D eigenvalue weighted by atomic mass is 10.1. The van der Waals surface area contributed by atoms with Gasteiger partial charge in [0.1, 0.15) is 17.9 Å². The molecule has 0 aliphatic carbocycles. The van der Waals surface area contributed by atoms with E-state index < -0.39 is 12.1 Å². The molecule has 0 aromatic carbocycles. The fraction of sp³-hybridized carbons (Fsp3) is 0.526. The van der Waals surface area contributed by atoms with Gasteiger partial charge in [0.05, 0.1) is 24.1 Å². The van der Waals surface area contributed by atoms with Crippen molar-refractivity contribution >= 4 is 17.6 Å². The first-order chi connectivity index (χ1) is 13.5. The molecular weight excluding hydrogens is 358 g/mol. The number of likely N-dealkylation sites (tertiary alicyclic amines) is 1. The monoisotopic (exact) mass is 381 g/mol. The zero-order valence-electron chi connectivity index (χ0n) is 15.6. The van der Waals surface area contributed by atoms with Crippen molar-refractivity contribution in [3.05, 3.63) is 23.9 Å². The zero-order valence-corrected chi connectivity index (χ0v) is 15.6. The summed E-state index contributed by atoms with van der Waals surface area (Å²) in [7, 11) is 0. The Kier molecular flexibility index (Phi) is 6.07. The lowest BCUT2D eigenvalue weighted by Crippen LogP contribution is -2.52. The molecule has 146 valence electrons. The Balaban J connectivity index is 1.50. The van der Waals surface area contributed by atoms with Crippen LogP contribution in [0.5, 0.6) is 0 Å². The van der Waals surface area contributed by atoms with E-state index in [1.807, 2.05) is 6.07 Å². The Labute approximate surface area is 163 Å². The number of hydrogen-bond acceptors (Lipinski definition) is 7. The molecule has 1 aromatic rings. The molecule has 1 aromatic heterocycles. The quantitative estimate of drug-likeness (QED) is 0.766. The van der Waals surface area contributed by atoms with Crippen molar-refractivity contribution in [2.45, 2.75) is 31.3 Å². The van der Waals surface area contributed by atoms with Crippen LogP contribution in [0.25, 0.3) is 0 Å². The molecule has 3 heterocycles. The Hall–Kier alpha value is -3.17. The van der Waals surface area contributed by atoms with Crippen molar-refractivity contribution < 1.29 is 9.59 Å². The largest absolute Gasteiger partial charge is 0.353 e. The lowest BCUT2D eigenvalue weighted by molar-refractivity contribution is -0.138. The fourth-order valence-electron chi connectivity index (χ4n) is 3.61. The van der Waals surface area contributed by atoms with Gasteiger partial charge in [0, 0.05) is 38.9 Å². The summed E-state index contributed by atoms with van der Waals surface area (Å²) in [5.74, 6) is 0.299. The number of nitrogens with two attached hydrogens (primary N) is 1. The van der Waals surface area contributed by atoms with Gasteiger partial charge in [-0.15, -0.1) is 0 Å². The van der Waals surface area contributed by atoms with Gasteiger partial charge in [0.15, 0.2) is 0 Å². The topological polar surface area (TPSA) is 130 Å². The van der Waals surface area contributed by atoms with Crippen LogP contribution in [0.3, 0.4) is 0 Å². The summed E-state index contributed by atoms with van der Waals surface area (Å²) in [5, 5.41) is 18.0. The fourth-order valence-corrected chi connectivity index (χ4v) is 3.61. The van der Waals surface area contributed by atoms with Gasteiger partial charge in [-0.3, -0.25) is 9.59 Å². The minimum absolute atomic E-state index is 0.0530. The van der Waals surface area contributed by atoms with Crippen LogP contribution in [-0.4, -0.2) is 71.4 Å². The van der Waals surface area contributed by atoms with E-state index in [4.69, 9.17) is 16.3 Å². The van der Waals surface area contributed by atoms with Crippen LogP contribution in [0, 0.1) is 22.7 Å². The second kappa shape index (κ2) is 8.68. The molecule has 3 rings (SSSR count). The summed E-state index contributed by atoms with van der Waals surface area (Å²) in [4.78, 5) is 34.5. The number of carbonyl (C=O) groups excluding carboxylic acids is 2. The third kappa shape index (κ3) is 4.21. The van der Waals surface area contributed by atoms with Crippen molar-refractivity contribution in [1.82, 2.24) is 14.8 Å². The van der Waals surface area contributed by atoms with Crippen molar-refractivity contribution in [1.29, 1.82) is 10.5 Å². The number of amides is 2. The minimum Gasteiger partial charge on any atom is -0.353 e. The van der Waals surface area contributed by atoms with Gasteiger partial charge >= 0.3 is 0 Å². The van der Waals surface area contributed by atoms with E-state index in [0.717, 1.165) is 12.2 Å². The van der Waals surface area contributed by atoms with E-state index in [-0.39, 0.29) is 18.2 Å². The van der Waals surface area contributed by atoms with Gasteiger partial charge in [-0.1, -0.05) is 0 Å². The first-order valence-corrected chi connectivity index (χ1v) is 9.38. The van der Waals surface area contributed by atoms with E-state index in [1.54, 1.807) is 17.0 Å². The smallest absolute Gasteiger partial charge is 0.241 e. The summed E-state index contributed by atoms with van der Waals surface area (Å²) in [6.07, 6.45) is 2.93. The van der Waals surface area contributed by atoms with E-state index in [9.17, 15) is 9.59 Å². The Bertz CT molecular complexity index is 803. The molecule has 9 heteroatoms. The van der Waals surface area contributed by atoms with Crippen LogP contribution in [0.1, 0.15) is 24.8 Å². The molecule has 0 saturated carbocycles. The van der Waals surface area contributed by atoms with Gasteiger partial charge in [-0.2, -0.15) is 10.5 Å². The maximum atomic E-state index is 12.5. The van der Waals surface area contributed by atoms with E-state index in [0.29, 0.717) is 44.7 Å². The van der Waals surface area contributed by atoms with Crippen LogP contribution in [0.2, 0.25) is 0 Å². The first-order valence-electron chi connectivity index (χ1n) is 9.38. The summed E-state index contributed by atoms with van der Waals surface area (Å²) in [6.45, 7) is 2.81. The van der Waals surface area contributed by atoms with Crippen LogP contribution < -0.4 is 10.6 Å². The van der Waals surface area contributed by atoms with E-state index in [2.05, 4.69) is 16.0 Å². The van der Waals surface area contributed by atoms with E-state index >= 15 is 0 Å². The number of nitrogens with zero attached hydrogens (tertiary/aromatic N) is 6. The summed E-state index contributed by atoms with van der Waals surface area (Å²) in [5.41, 5.74) is 6.48. The Morgan fingerprint density at radius 3 is 2.57 bits per heavy atom. The normalized spacial score (nSPS) is 20.4. The molecule has 28 heavy (non-hydrogen) atoms. The molecule has 0 radical (unpaired) electrons. The second-order valence-corrected chi connectivity index (χ2v) is 7.01. The molecule has 9 nitrogen and oxygen atoms in total. The van der Waals surface area contributed by atoms with Crippen molar-refractivity contribution in [3.63, 3.8) is 0 Å². The van der Waals surface area contributed by atoms with Gasteiger partial charge in [0.25, 0.3) is 0 Å². The third-order valence-corrected chi connectivity index (χ3v) is 5.23. The standard InChI is InChI=1S/C19H23N7O2/c20-11-14-3-4-17(23-13-14)24-6-8-25(9-7-24)18(27)10-16(22)19(28)26-5-1-2-15(26)12-21/h3-4,13,15-16H,1-2,5-10,22H2/t15-,16?/m0/s1. The highest BCUT2D eigenvalue weighted by Gasteiger charge is 2.33. The van der Waals surface area contributed by atoms with Crippen molar-refractivity contribution in [3.8, 4) is 12.1 Å². The molecule has 2 N–H and O–H groups in total. The highest BCUT2D eigenvalue weighted by atomic mass is 16.2. The molecule has 1 unspecified atom stereocenters. The number of carbonyl (C=O) groups is 2. The van der Waals surface area contributed by atoms with Crippen LogP contribution >= 0.6 is 0 Å². The predicted molar refractivity (Wildman–Crippen MR) is 101 cm³/mol. The number of hydrogen-bond donors (Lipinski definition) is 1. The van der Waals surface area contributed by atoms with Gasteiger partial charge in [0.2, 0.25) is 11.8 Å². The molecule has 2 aliphatic heterocycles. The average Bonchev–Trinajstić information content (AvgIpc) is 3.22. The second-order valence-electron chi connectivity index (χ2n) is 7.01. The number of aromatic nitrogens is 1. The number of piperazine rings is 1. The molecule has 0 bridgehead atoms. The summed E-state index contributed by atoms with van der Waals surface area (Å²) >= 11 is 0.